The van der Waals surface area contributed by atoms with Crippen molar-refractivity contribution in [1.29, 1.82) is 0 Å². The summed E-state index contributed by atoms with van der Waals surface area (Å²) in [6, 6.07) is 0. The minimum absolute atomic E-state index is 0.0966. The van der Waals surface area contributed by atoms with Crippen molar-refractivity contribution in [2.45, 2.75) is 5.75 Å². The standard InChI is InChI=1S/C4H5BrN2O3S/c1-11(8,9)2-3-6-7-4(5)10-3/h2H2,1H3. The zero-order chi connectivity index (χ0) is 8.48. The summed E-state index contributed by atoms with van der Waals surface area (Å²) in [6.45, 7) is 0. The summed E-state index contributed by atoms with van der Waals surface area (Å²) in [5.41, 5.74) is 0. The molecule has 1 rings (SSSR count). The fourth-order valence-corrected chi connectivity index (χ4v) is 1.35. The second kappa shape index (κ2) is 2.90. The van der Waals surface area contributed by atoms with Gasteiger partial charge in [0.1, 0.15) is 5.75 Å². The number of sulfone groups is 1. The van der Waals surface area contributed by atoms with Crippen LogP contribution in [0.25, 0.3) is 0 Å². The van der Waals surface area contributed by atoms with Gasteiger partial charge in [0.15, 0.2) is 9.84 Å². The van der Waals surface area contributed by atoms with E-state index in [0.717, 1.165) is 6.26 Å². The lowest BCUT2D eigenvalue weighted by molar-refractivity contribution is 0.485. The lowest BCUT2D eigenvalue weighted by Gasteiger charge is -1.88. The third-order valence-corrected chi connectivity index (χ3v) is 1.92. The minimum atomic E-state index is -3.08. The highest BCUT2D eigenvalue weighted by Gasteiger charge is 2.10. The molecule has 62 valence electrons. The van der Waals surface area contributed by atoms with E-state index in [2.05, 4.69) is 26.1 Å². The maximum absolute atomic E-state index is 10.7. The summed E-state index contributed by atoms with van der Waals surface area (Å²) in [5.74, 6) is -0.120. The van der Waals surface area contributed by atoms with E-state index in [-0.39, 0.29) is 16.4 Å². The first-order valence-electron chi connectivity index (χ1n) is 2.63. The van der Waals surface area contributed by atoms with Crippen LogP contribution in [0, 0.1) is 0 Å². The molecule has 0 atom stereocenters. The van der Waals surface area contributed by atoms with Gasteiger partial charge in [0.05, 0.1) is 0 Å². The van der Waals surface area contributed by atoms with E-state index < -0.39 is 9.84 Å². The van der Waals surface area contributed by atoms with Crippen LogP contribution in [-0.4, -0.2) is 24.9 Å². The summed E-state index contributed by atoms with van der Waals surface area (Å²) in [6.07, 6.45) is 1.10. The second-order valence-electron chi connectivity index (χ2n) is 2.02. The molecule has 7 heteroatoms. The fourth-order valence-electron chi connectivity index (χ4n) is 0.516. The van der Waals surface area contributed by atoms with Crippen LogP contribution in [-0.2, 0) is 15.6 Å². The van der Waals surface area contributed by atoms with Crippen LogP contribution in [0.5, 0.6) is 0 Å². The summed E-state index contributed by atoms with van der Waals surface area (Å²) < 4.78 is 26.1. The molecule has 0 radical (unpaired) electrons. The Kier molecular flexibility index (Phi) is 2.28. The van der Waals surface area contributed by atoms with Crippen molar-refractivity contribution in [1.82, 2.24) is 10.2 Å². The van der Waals surface area contributed by atoms with E-state index in [1.54, 1.807) is 0 Å². The van der Waals surface area contributed by atoms with E-state index in [1.807, 2.05) is 0 Å². The molecule has 0 saturated carbocycles. The van der Waals surface area contributed by atoms with Crippen molar-refractivity contribution in [3.63, 3.8) is 0 Å². The molecule has 0 aliphatic carbocycles. The molecule has 0 N–H and O–H groups in total. The molecule has 0 bridgehead atoms. The van der Waals surface area contributed by atoms with Crippen molar-refractivity contribution < 1.29 is 12.8 Å². The Bertz CT molecular complexity index is 344. The van der Waals surface area contributed by atoms with Crippen LogP contribution in [0.4, 0.5) is 0 Å². The first-order chi connectivity index (χ1) is 4.97. The summed E-state index contributed by atoms with van der Waals surface area (Å²) >= 11 is 2.90. The van der Waals surface area contributed by atoms with E-state index in [4.69, 9.17) is 4.42 Å². The van der Waals surface area contributed by atoms with Gasteiger partial charge in [-0.2, -0.15) is 0 Å². The average molecular weight is 241 g/mol. The topological polar surface area (TPSA) is 73.1 Å². The van der Waals surface area contributed by atoms with Gasteiger partial charge in [-0.3, -0.25) is 0 Å². The van der Waals surface area contributed by atoms with Crippen LogP contribution in [0.3, 0.4) is 0 Å². The molecule has 1 heterocycles. The Labute approximate surface area is 71.9 Å². The second-order valence-corrected chi connectivity index (χ2v) is 4.84. The molecule has 1 aromatic rings. The van der Waals surface area contributed by atoms with Crippen molar-refractivity contribution in [2.75, 3.05) is 6.26 Å². The number of rotatable bonds is 2. The minimum Gasteiger partial charge on any atom is -0.415 e. The van der Waals surface area contributed by atoms with Gasteiger partial charge in [-0.05, 0) is 0 Å². The van der Waals surface area contributed by atoms with E-state index >= 15 is 0 Å². The zero-order valence-electron chi connectivity index (χ0n) is 5.61. The highest BCUT2D eigenvalue weighted by Crippen LogP contribution is 2.08. The lowest BCUT2D eigenvalue weighted by Crippen LogP contribution is -2.00. The maximum Gasteiger partial charge on any atom is 0.284 e. The molecule has 0 spiro atoms. The first kappa shape index (κ1) is 8.66. The van der Waals surface area contributed by atoms with Gasteiger partial charge in [-0.1, -0.05) is 0 Å². The van der Waals surface area contributed by atoms with Gasteiger partial charge in [0, 0.05) is 22.2 Å². The van der Waals surface area contributed by atoms with Crippen LogP contribution in [0.1, 0.15) is 5.89 Å². The monoisotopic (exact) mass is 240 g/mol. The molecule has 11 heavy (non-hydrogen) atoms. The summed E-state index contributed by atoms with van der Waals surface area (Å²) in [4.78, 5) is 0.191. The van der Waals surface area contributed by atoms with E-state index in [1.165, 1.54) is 0 Å². The van der Waals surface area contributed by atoms with Crippen LogP contribution >= 0.6 is 15.9 Å². The van der Waals surface area contributed by atoms with Crippen molar-refractivity contribution >= 4 is 25.8 Å². The molecule has 1 aromatic heterocycles. The van der Waals surface area contributed by atoms with Gasteiger partial charge < -0.3 is 4.42 Å². The highest BCUT2D eigenvalue weighted by molar-refractivity contribution is 9.10. The molecule has 0 unspecified atom stereocenters. The maximum atomic E-state index is 10.7. The molecule has 0 fully saturated rings. The molecule has 5 nitrogen and oxygen atoms in total. The Morgan fingerprint density at radius 3 is 2.55 bits per heavy atom. The number of halogens is 1. The molecule has 0 aromatic carbocycles. The Balaban J connectivity index is 2.81. The molecule has 0 aliphatic heterocycles. The van der Waals surface area contributed by atoms with Crippen LogP contribution in [0.15, 0.2) is 9.22 Å². The van der Waals surface area contributed by atoms with Crippen LogP contribution < -0.4 is 0 Å². The largest absolute Gasteiger partial charge is 0.415 e. The number of hydrogen-bond donors (Lipinski definition) is 0. The smallest absolute Gasteiger partial charge is 0.284 e. The van der Waals surface area contributed by atoms with Crippen molar-refractivity contribution in [2.24, 2.45) is 0 Å². The fraction of sp³-hybridized carbons (Fsp3) is 0.500. The number of hydrogen-bond acceptors (Lipinski definition) is 5. The quantitative estimate of drug-likeness (QED) is 0.748. The third kappa shape index (κ3) is 2.98. The van der Waals surface area contributed by atoms with Gasteiger partial charge in [0.25, 0.3) is 4.80 Å². The van der Waals surface area contributed by atoms with E-state index in [0.29, 0.717) is 0 Å². The molecular formula is C4H5BrN2O3S. The SMILES string of the molecule is CS(=O)(=O)Cc1nnc(Br)o1. The Hall–Kier alpha value is -0.430. The van der Waals surface area contributed by atoms with E-state index in [9.17, 15) is 8.42 Å². The predicted molar refractivity (Wildman–Crippen MR) is 40.5 cm³/mol. The van der Waals surface area contributed by atoms with Crippen molar-refractivity contribution in [3.05, 3.63) is 10.7 Å². The number of aromatic nitrogens is 2. The Morgan fingerprint density at radius 1 is 1.55 bits per heavy atom. The summed E-state index contributed by atoms with van der Waals surface area (Å²) in [5, 5.41) is 6.89. The zero-order valence-corrected chi connectivity index (χ0v) is 8.01. The summed E-state index contributed by atoms with van der Waals surface area (Å²) in [7, 11) is -3.08. The number of nitrogens with zero attached hydrogens (tertiary/aromatic N) is 2. The predicted octanol–water partition coefficient (Wildman–Crippen LogP) is 0.377. The molecule has 0 amide bonds. The third-order valence-electron chi connectivity index (χ3n) is 0.828. The van der Waals surface area contributed by atoms with Gasteiger partial charge >= 0.3 is 0 Å². The lowest BCUT2D eigenvalue weighted by atomic mass is 10.8. The molecule has 0 saturated heterocycles. The Morgan fingerprint density at radius 2 is 2.18 bits per heavy atom. The highest BCUT2D eigenvalue weighted by atomic mass is 79.9. The molecule has 0 aliphatic rings. The van der Waals surface area contributed by atoms with Crippen molar-refractivity contribution in [3.8, 4) is 0 Å². The van der Waals surface area contributed by atoms with Crippen LogP contribution in [0.2, 0.25) is 0 Å². The van der Waals surface area contributed by atoms with Gasteiger partial charge in [-0.15, -0.1) is 10.2 Å². The normalized spacial score (nSPS) is 11.8. The average Bonchev–Trinajstić information content (AvgIpc) is 2.10. The van der Waals surface area contributed by atoms with Gasteiger partial charge in [-0.25, -0.2) is 8.42 Å². The van der Waals surface area contributed by atoms with Gasteiger partial charge in [0.2, 0.25) is 5.89 Å². The first-order valence-corrected chi connectivity index (χ1v) is 5.48. The molecular weight excluding hydrogens is 236 g/mol.